The van der Waals surface area contributed by atoms with Gasteiger partial charge >= 0.3 is 5.69 Å². The van der Waals surface area contributed by atoms with Crippen LogP contribution in [0.2, 0.25) is 0 Å². The molecule has 18 heavy (non-hydrogen) atoms. The summed E-state index contributed by atoms with van der Waals surface area (Å²) in [6.07, 6.45) is 0.679. The van der Waals surface area contributed by atoms with Gasteiger partial charge in [0.25, 0.3) is 0 Å². The number of rotatable bonds is 1. The van der Waals surface area contributed by atoms with Crippen molar-refractivity contribution in [3.8, 4) is 0 Å². The third-order valence-electron chi connectivity index (χ3n) is 2.93. The summed E-state index contributed by atoms with van der Waals surface area (Å²) < 4.78 is 8.12. The Morgan fingerprint density at radius 2 is 2.11 bits per heavy atom. The van der Waals surface area contributed by atoms with Crippen molar-refractivity contribution in [2.45, 2.75) is 45.6 Å². The first-order valence-electron chi connectivity index (χ1n) is 6.17. The number of aromatic nitrogens is 2. The van der Waals surface area contributed by atoms with Gasteiger partial charge in [-0.25, -0.2) is 4.79 Å². The monoisotopic (exact) mass is 255 g/mol. The van der Waals surface area contributed by atoms with E-state index in [0.717, 1.165) is 0 Å². The van der Waals surface area contributed by atoms with Crippen LogP contribution in [0, 0.1) is 5.41 Å². The predicted octanol–water partition coefficient (Wildman–Crippen LogP) is 0.361. The molecule has 1 aromatic heterocycles. The molecule has 1 unspecified atom stereocenters. The van der Waals surface area contributed by atoms with E-state index in [-0.39, 0.29) is 17.3 Å². The average molecular weight is 255 g/mol. The second-order valence-corrected chi connectivity index (χ2v) is 4.05. The second-order valence-electron chi connectivity index (χ2n) is 4.05. The molecule has 0 amide bonds. The summed E-state index contributed by atoms with van der Waals surface area (Å²) in [7, 11) is 1.54. The van der Waals surface area contributed by atoms with E-state index in [1.165, 1.54) is 28.4 Å². The molecule has 1 saturated heterocycles. The molecule has 2 N–H and O–H groups in total. The van der Waals surface area contributed by atoms with E-state index in [1.54, 1.807) is 6.92 Å². The van der Waals surface area contributed by atoms with E-state index < -0.39 is 12.3 Å². The standard InChI is InChI=1S/C10H15N3O3.C2H6/c1-6-7(14)5-9(16-6)13-4-3-8(11)12(2)10(13)15;1-2/h3-4,6-7,9,11,14H,5H2,1-2H3;1-2H3/t6?,7-,9-;/m1./s1. The van der Waals surface area contributed by atoms with Gasteiger partial charge in [-0.05, 0) is 13.0 Å². The zero-order valence-electron chi connectivity index (χ0n) is 11.3. The second kappa shape index (κ2) is 5.97. The Kier molecular flexibility index (Phi) is 4.86. The number of nitrogens with zero attached hydrogens (tertiary/aromatic N) is 2. The van der Waals surface area contributed by atoms with E-state index in [9.17, 15) is 9.90 Å². The lowest BCUT2D eigenvalue weighted by Crippen LogP contribution is -2.38. The smallest absolute Gasteiger partial charge is 0.331 e. The third kappa shape index (κ3) is 2.70. The van der Waals surface area contributed by atoms with Gasteiger partial charge in [0, 0.05) is 19.7 Å². The number of aliphatic hydroxyl groups excluding tert-OH is 1. The van der Waals surface area contributed by atoms with Crippen molar-refractivity contribution >= 4 is 0 Å². The highest BCUT2D eigenvalue weighted by atomic mass is 16.5. The number of ether oxygens (including phenoxy) is 1. The topological polar surface area (TPSA) is 80.2 Å². The maximum absolute atomic E-state index is 11.8. The van der Waals surface area contributed by atoms with Gasteiger partial charge in [-0.2, -0.15) is 0 Å². The summed E-state index contributed by atoms with van der Waals surface area (Å²) >= 11 is 0. The Morgan fingerprint density at radius 3 is 2.61 bits per heavy atom. The first-order chi connectivity index (χ1) is 8.50. The fourth-order valence-electron chi connectivity index (χ4n) is 1.79. The molecule has 102 valence electrons. The lowest BCUT2D eigenvalue weighted by atomic mass is 10.2. The Balaban J connectivity index is 0.000000771. The normalized spacial score (nSPS) is 26.6. The molecule has 6 heteroatoms. The van der Waals surface area contributed by atoms with E-state index >= 15 is 0 Å². The molecule has 3 atom stereocenters. The molecule has 1 aliphatic heterocycles. The molecule has 0 bridgehead atoms. The van der Waals surface area contributed by atoms with Crippen LogP contribution in [0.25, 0.3) is 0 Å². The van der Waals surface area contributed by atoms with Gasteiger partial charge in [0.1, 0.15) is 11.7 Å². The Labute approximate surface area is 106 Å². The minimum atomic E-state index is -0.544. The summed E-state index contributed by atoms with van der Waals surface area (Å²) in [5.74, 6) is 0. The van der Waals surface area contributed by atoms with Gasteiger partial charge < -0.3 is 9.84 Å². The zero-order chi connectivity index (χ0) is 13.9. The molecular formula is C12H21N3O3. The lowest BCUT2D eigenvalue weighted by molar-refractivity contribution is -0.0106. The summed E-state index contributed by atoms with van der Waals surface area (Å²) in [6.45, 7) is 5.77. The third-order valence-corrected chi connectivity index (χ3v) is 2.93. The van der Waals surface area contributed by atoms with Crippen LogP contribution in [0.3, 0.4) is 0 Å². The lowest BCUT2D eigenvalue weighted by Gasteiger charge is -2.14. The van der Waals surface area contributed by atoms with Crippen LogP contribution in [0.5, 0.6) is 0 Å². The summed E-state index contributed by atoms with van der Waals surface area (Å²) in [6, 6.07) is 1.53. The van der Waals surface area contributed by atoms with Crippen molar-refractivity contribution in [3.05, 3.63) is 28.2 Å². The molecule has 2 heterocycles. The molecule has 1 aliphatic rings. The van der Waals surface area contributed by atoms with Crippen LogP contribution in [0.1, 0.15) is 33.4 Å². The van der Waals surface area contributed by atoms with Crippen LogP contribution in [-0.2, 0) is 11.8 Å². The molecule has 0 saturated carbocycles. The predicted molar refractivity (Wildman–Crippen MR) is 67.1 cm³/mol. The summed E-state index contributed by atoms with van der Waals surface area (Å²) in [4.78, 5) is 11.8. The average Bonchev–Trinajstić information content (AvgIpc) is 2.69. The van der Waals surface area contributed by atoms with Gasteiger partial charge in [-0.15, -0.1) is 0 Å². The maximum atomic E-state index is 11.8. The van der Waals surface area contributed by atoms with Crippen LogP contribution >= 0.6 is 0 Å². The molecule has 0 radical (unpaired) electrons. The summed E-state index contributed by atoms with van der Waals surface area (Å²) in [5, 5.41) is 17.0. The highest BCUT2D eigenvalue weighted by molar-refractivity contribution is 4.87. The minimum absolute atomic E-state index is 0.146. The molecule has 1 fully saturated rings. The van der Waals surface area contributed by atoms with Crippen molar-refractivity contribution in [2.75, 3.05) is 0 Å². The molecule has 0 spiro atoms. The van der Waals surface area contributed by atoms with E-state index in [4.69, 9.17) is 10.1 Å². The highest BCUT2D eigenvalue weighted by Gasteiger charge is 2.32. The number of hydrogen-bond acceptors (Lipinski definition) is 4. The highest BCUT2D eigenvalue weighted by Crippen LogP contribution is 2.26. The van der Waals surface area contributed by atoms with Crippen molar-refractivity contribution in [2.24, 2.45) is 7.05 Å². The van der Waals surface area contributed by atoms with Gasteiger partial charge in [-0.3, -0.25) is 14.5 Å². The van der Waals surface area contributed by atoms with Gasteiger partial charge in [0.15, 0.2) is 0 Å². The van der Waals surface area contributed by atoms with E-state index in [2.05, 4.69) is 0 Å². The number of hydrogen-bond donors (Lipinski definition) is 2. The first kappa shape index (κ1) is 14.7. The zero-order valence-corrected chi connectivity index (χ0v) is 11.3. The number of aliphatic hydroxyl groups is 1. The van der Waals surface area contributed by atoms with Crippen molar-refractivity contribution in [1.29, 1.82) is 5.41 Å². The largest absolute Gasteiger partial charge is 0.390 e. The Morgan fingerprint density at radius 1 is 1.50 bits per heavy atom. The minimum Gasteiger partial charge on any atom is -0.390 e. The molecule has 0 aliphatic carbocycles. The van der Waals surface area contributed by atoms with E-state index in [1.807, 2.05) is 13.8 Å². The Bertz CT molecular complexity index is 496. The molecular weight excluding hydrogens is 234 g/mol. The van der Waals surface area contributed by atoms with Gasteiger partial charge in [-0.1, -0.05) is 13.8 Å². The summed E-state index contributed by atoms with van der Waals surface area (Å²) in [5.41, 5.74) is -0.161. The molecule has 6 nitrogen and oxygen atoms in total. The molecule has 1 aromatic rings. The van der Waals surface area contributed by atoms with Crippen molar-refractivity contribution in [3.63, 3.8) is 0 Å². The molecule has 2 rings (SSSR count). The van der Waals surface area contributed by atoms with Crippen molar-refractivity contribution < 1.29 is 9.84 Å². The fourth-order valence-corrected chi connectivity index (χ4v) is 1.79. The molecule has 0 aromatic carbocycles. The quantitative estimate of drug-likeness (QED) is 0.760. The van der Waals surface area contributed by atoms with Crippen LogP contribution < -0.4 is 11.2 Å². The van der Waals surface area contributed by atoms with Crippen LogP contribution in [0.15, 0.2) is 17.1 Å². The maximum Gasteiger partial charge on any atom is 0.331 e. The fraction of sp³-hybridized carbons (Fsp3) is 0.667. The first-order valence-corrected chi connectivity index (χ1v) is 6.17. The number of nitrogens with one attached hydrogen (secondary N) is 1. The van der Waals surface area contributed by atoms with Gasteiger partial charge in [0.2, 0.25) is 0 Å². The van der Waals surface area contributed by atoms with Crippen molar-refractivity contribution in [1.82, 2.24) is 9.13 Å². The van der Waals surface area contributed by atoms with Crippen LogP contribution in [-0.4, -0.2) is 26.4 Å². The van der Waals surface area contributed by atoms with Crippen LogP contribution in [0.4, 0.5) is 0 Å². The van der Waals surface area contributed by atoms with Gasteiger partial charge in [0.05, 0.1) is 12.2 Å². The SMILES string of the molecule is CC.CC1O[C@@H](n2ccc(=N)n(C)c2=O)C[C@H]1O. The van der Waals surface area contributed by atoms with E-state index in [0.29, 0.717) is 6.42 Å². The Hall–Kier alpha value is -1.40.